The third-order valence-electron chi connectivity index (χ3n) is 3.03. The molecule has 106 valence electrons. The molecule has 19 heavy (non-hydrogen) atoms. The second kappa shape index (κ2) is 7.31. The van der Waals surface area contributed by atoms with Gasteiger partial charge < -0.3 is 15.0 Å². The number of carbonyl (C=O) groups excluding carboxylic acids is 1. The van der Waals surface area contributed by atoms with Crippen LogP contribution >= 0.6 is 12.4 Å². The largest absolute Gasteiger partial charge is 0.494 e. The predicted octanol–water partition coefficient (Wildman–Crippen LogP) is 1.69. The fraction of sp³-hybridized carbons (Fsp3) is 0.462. The molecule has 0 unspecified atom stereocenters. The maximum Gasteiger partial charge on any atom is 0.254 e. The molecular formula is C13H18ClFN2O2. The number of rotatable bonds is 2. The minimum Gasteiger partial charge on any atom is -0.494 e. The van der Waals surface area contributed by atoms with Crippen molar-refractivity contribution in [1.29, 1.82) is 0 Å². The van der Waals surface area contributed by atoms with Gasteiger partial charge in [0.25, 0.3) is 5.91 Å². The summed E-state index contributed by atoms with van der Waals surface area (Å²) >= 11 is 0. The van der Waals surface area contributed by atoms with Gasteiger partial charge in [-0.15, -0.1) is 12.4 Å². The van der Waals surface area contributed by atoms with Crippen LogP contribution in [0.1, 0.15) is 16.8 Å². The number of methoxy groups -OCH3 is 1. The SMILES string of the molecule is COc1ccc(C(=O)N2CCCNCC2)cc1F.Cl. The Bertz CT molecular complexity index is 435. The third kappa shape index (κ3) is 3.81. The smallest absolute Gasteiger partial charge is 0.254 e. The standard InChI is InChI=1S/C13H17FN2O2.ClH/c1-18-12-4-3-10(9-11(12)14)13(17)16-7-2-5-15-6-8-16;/h3-4,9,15H,2,5-8H2,1H3;1H. The highest BCUT2D eigenvalue weighted by Crippen LogP contribution is 2.18. The van der Waals surface area contributed by atoms with E-state index in [4.69, 9.17) is 4.74 Å². The molecule has 1 aliphatic heterocycles. The van der Waals surface area contributed by atoms with Gasteiger partial charge in [-0.05, 0) is 31.2 Å². The van der Waals surface area contributed by atoms with Crippen molar-refractivity contribution in [1.82, 2.24) is 10.2 Å². The van der Waals surface area contributed by atoms with Crippen molar-refractivity contribution in [2.75, 3.05) is 33.3 Å². The number of nitrogens with one attached hydrogen (secondary N) is 1. The van der Waals surface area contributed by atoms with Crippen LogP contribution in [-0.2, 0) is 0 Å². The number of ether oxygens (including phenoxy) is 1. The van der Waals surface area contributed by atoms with Gasteiger partial charge in [0.15, 0.2) is 11.6 Å². The quantitative estimate of drug-likeness (QED) is 0.900. The second-order valence-electron chi connectivity index (χ2n) is 4.25. The molecule has 1 aromatic carbocycles. The summed E-state index contributed by atoms with van der Waals surface area (Å²) in [5.74, 6) is -0.472. The molecule has 6 heteroatoms. The summed E-state index contributed by atoms with van der Waals surface area (Å²) in [6, 6.07) is 4.32. The van der Waals surface area contributed by atoms with Gasteiger partial charge in [0.05, 0.1) is 7.11 Å². The number of hydrogen-bond donors (Lipinski definition) is 1. The normalized spacial score (nSPS) is 15.4. The molecule has 0 aromatic heterocycles. The van der Waals surface area contributed by atoms with Crippen molar-refractivity contribution >= 4 is 18.3 Å². The topological polar surface area (TPSA) is 41.6 Å². The molecular weight excluding hydrogens is 271 g/mol. The lowest BCUT2D eigenvalue weighted by Crippen LogP contribution is -2.34. The molecule has 0 spiro atoms. The van der Waals surface area contributed by atoms with E-state index in [9.17, 15) is 9.18 Å². The van der Waals surface area contributed by atoms with Gasteiger partial charge in [-0.2, -0.15) is 0 Å². The van der Waals surface area contributed by atoms with Crippen LogP contribution in [0.4, 0.5) is 4.39 Å². The maximum absolute atomic E-state index is 13.6. The average Bonchev–Trinajstić information content (AvgIpc) is 2.66. The minimum absolute atomic E-state index is 0. The van der Waals surface area contributed by atoms with Crippen LogP contribution < -0.4 is 10.1 Å². The van der Waals surface area contributed by atoms with Gasteiger partial charge >= 0.3 is 0 Å². The zero-order chi connectivity index (χ0) is 13.0. The first-order chi connectivity index (χ1) is 8.72. The van der Waals surface area contributed by atoms with Gasteiger partial charge in [-0.25, -0.2) is 4.39 Å². The van der Waals surface area contributed by atoms with Gasteiger partial charge in [0.1, 0.15) is 0 Å². The monoisotopic (exact) mass is 288 g/mol. The van der Waals surface area contributed by atoms with Crippen LogP contribution in [0.25, 0.3) is 0 Å². The molecule has 4 nitrogen and oxygen atoms in total. The van der Waals surface area contributed by atoms with E-state index in [0.717, 1.165) is 19.5 Å². The first-order valence-electron chi connectivity index (χ1n) is 6.06. The van der Waals surface area contributed by atoms with Crippen LogP contribution in [0.5, 0.6) is 5.75 Å². The van der Waals surface area contributed by atoms with Crippen molar-refractivity contribution < 1.29 is 13.9 Å². The van der Waals surface area contributed by atoms with E-state index in [1.165, 1.54) is 19.2 Å². The summed E-state index contributed by atoms with van der Waals surface area (Å²) in [6.45, 7) is 3.07. The molecule has 1 fully saturated rings. The van der Waals surface area contributed by atoms with Crippen LogP contribution in [0, 0.1) is 5.82 Å². The Morgan fingerprint density at radius 1 is 1.37 bits per heavy atom. The zero-order valence-corrected chi connectivity index (χ0v) is 11.6. The summed E-state index contributed by atoms with van der Waals surface area (Å²) in [5, 5.41) is 3.23. The van der Waals surface area contributed by atoms with Crippen molar-refractivity contribution in [3.8, 4) is 5.75 Å². The summed E-state index contributed by atoms with van der Waals surface area (Å²) < 4.78 is 18.4. The van der Waals surface area contributed by atoms with Crippen LogP contribution in [0.2, 0.25) is 0 Å². The van der Waals surface area contributed by atoms with E-state index in [0.29, 0.717) is 18.7 Å². The Labute approximate surface area is 118 Å². The fourth-order valence-corrected chi connectivity index (χ4v) is 2.03. The molecule has 1 heterocycles. The number of halogens is 2. The highest BCUT2D eigenvalue weighted by molar-refractivity contribution is 5.94. The Morgan fingerprint density at radius 3 is 2.84 bits per heavy atom. The molecule has 0 saturated carbocycles. The van der Waals surface area contributed by atoms with E-state index < -0.39 is 5.82 Å². The van der Waals surface area contributed by atoms with Gasteiger partial charge in [0.2, 0.25) is 0 Å². The first kappa shape index (κ1) is 15.7. The maximum atomic E-state index is 13.6. The Balaban J connectivity index is 0.00000180. The molecule has 1 aromatic rings. The average molecular weight is 289 g/mol. The molecule has 1 aliphatic rings. The Morgan fingerprint density at radius 2 is 2.16 bits per heavy atom. The molecule has 0 atom stereocenters. The van der Waals surface area contributed by atoms with Crippen molar-refractivity contribution in [3.63, 3.8) is 0 Å². The van der Waals surface area contributed by atoms with E-state index in [1.807, 2.05) is 0 Å². The number of amides is 1. The summed E-state index contributed by atoms with van der Waals surface area (Å²) in [6.07, 6.45) is 0.921. The molecule has 1 N–H and O–H groups in total. The number of nitrogens with zero attached hydrogens (tertiary/aromatic N) is 1. The lowest BCUT2D eigenvalue weighted by molar-refractivity contribution is 0.0766. The van der Waals surface area contributed by atoms with Crippen LogP contribution in [-0.4, -0.2) is 44.1 Å². The highest BCUT2D eigenvalue weighted by Gasteiger charge is 2.18. The van der Waals surface area contributed by atoms with Gasteiger partial charge in [-0.3, -0.25) is 4.79 Å². The van der Waals surface area contributed by atoms with Crippen molar-refractivity contribution in [2.45, 2.75) is 6.42 Å². The van der Waals surface area contributed by atoms with E-state index in [-0.39, 0.29) is 24.1 Å². The molecule has 1 saturated heterocycles. The van der Waals surface area contributed by atoms with Crippen molar-refractivity contribution in [2.24, 2.45) is 0 Å². The van der Waals surface area contributed by atoms with Crippen LogP contribution in [0.3, 0.4) is 0 Å². The van der Waals surface area contributed by atoms with Crippen LogP contribution in [0.15, 0.2) is 18.2 Å². The van der Waals surface area contributed by atoms with Gasteiger partial charge in [-0.1, -0.05) is 0 Å². The van der Waals surface area contributed by atoms with Gasteiger partial charge in [0, 0.05) is 25.2 Å². The Kier molecular flexibility index (Phi) is 6.05. The third-order valence-corrected chi connectivity index (χ3v) is 3.03. The molecule has 0 radical (unpaired) electrons. The zero-order valence-electron chi connectivity index (χ0n) is 10.8. The molecule has 1 amide bonds. The van der Waals surface area contributed by atoms with E-state index in [2.05, 4.69) is 5.32 Å². The predicted molar refractivity (Wildman–Crippen MR) is 73.6 cm³/mol. The molecule has 0 aliphatic carbocycles. The highest BCUT2D eigenvalue weighted by atomic mass is 35.5. The fourth-order valence-electron chi connectivity index (χ4n) is 2.03. The summed E-state index contributed by atoms with van der Waals surface area (Å²) in [7, 11) is 1.40. The number of benzene rings is 1. The van der Waals surface area contributed by atoms with Crippen molar-refractivity contribution in [3.05, 3.63) is 29.6 Å². The second-order valence-corrected chi connectivity index (χ2v) is 4.25. The lowest BCUT2D eigenvalue weighted by Gasteiger charge is -2.20. The number of carbonyl (C=O) groups is 1. The molecule has 2 rings (SSSR count). The Hall–Kier alpha value is -1.33. The van der Waals surface area contributed by atoms with E-state index >= 15 is 0 Å². The minimum atomic E-state index is -0.503. The first-order valence-corrected chi connectivity index (χ1v) is 6.06. The lowest BCUT2D eigenvalue weighted by atomic mass is 10.1. The van der Waals surface area contributed by atoms with E-state index in [1.54, 1.807) is 11.0 Å². The summed E-state index contributed by atoms with van der Waals surface area (Å²) in [5.41, 5.74) is 0.371. The summed E-state index contributed by atoms with van der Waals surface area (Å²) in [4.78, 5) is 13.9. The molecule has 0 bridgehead atoms. The number of hydrogen-bond acceptors (Lipinski definition) is 3.